The number of pyridine rings is 1. The highest BCUT2D eigenvalue weighted by atomic mass is 32.1. The van der Waals surface area contributed by atoms with Crippen molar-refractivity contribution in [2.24, 2.45) is 0 Å². The molecule has 7 heteroatoms. The van der Waals surface area contributed by atoms with Gasteiger partial charge in [-0.05, 0) is 48.4 Å². The SMILES string of the molecule is CC(=O)Nc1ccc(-c2nc(CC(=O)N(C)CCc3ccncc3)cs2)cc1. The fourth-order valence-electron chi connectivity index (χ4n) is 2.68. The molecule has 0 aliphatic rings. The van der Waals surface area contributed by atoms with Crippen LogP contribution in [0.2, 0.25) is 0 Å². The van der Waals surface area contributed by atoms with Crippen LogP contribution in [0.25, 0.3) is 10.6 Å². The maximum atomic E-state index is 12.5. The highest BCUT2D eigenvalue weighted by Gasteiger charge is 2.13. The third-order valence-corrected chi connectivity index (χ3v) is 5.19. The van der Waals surface area contributed by atoms with Crippen molar-refractivity contribution in [1.29, 1.82) is 0 Å². The molecule has 0 saturated heterocycles. The molecule has 0 unspecified atom stereocenters. The molecule has 0 saturated carbocycles. The summed E-state index contributed by atoms with van der Waals surface area (Å²) in [5.74, 6) is -0.0530. The summed E-state index contributed by atoms with van der Waals surface area (Å²) in [6.45, 7) is 2.14. The summed E-state index contributed by atoms with van der Waals surface area (Å²) < 4.78 is 0. The van der Waals surface area contributed by atoms with Crippen LogP contribution in [-0.4, -0.2) is 40.3 Å². The Hall–Kier alpha value is -3.06. The molecular formula is C21H22N4O2S. The Balaban J connectivity index is 1.56. The summed E-state index contributed by atoms with van der Waals surface area (Å²) in [7, 11) is 1.82. The number of carbonyl (C=O) groups excluding carboxylic acids is 2. The van der Waals surface area contributed by atoms with E-state index in [0.717, 1.165) is 33.9 Å². The summed E-state index contributed by atoms with van der Waals surface area (Å²) in [5.41, 5.74) is 3.64. The van der Waals surface area contributed by atoms with E-state index in [9.17, 15) is 9.59 Å². The topological polar surface area (TPSA) is 75.2 Å². The number of anilines is 1. The molecule has 1 aromatic carbocycles. The molecule has 0 aliphatic carbocycles. The number of likely N-dealkylation sites (N-methyl/N-ethyl adjacent to an activating group) is 1. The summed E-state index contributed by atoms with van der Waals surface area (Å²) >= 11 is 1.51. The summed E-state index contributed by atoms with van der Waals surface area (Å²) in [4.78, 5) is 33.9. The number of amides is 2. The van der Waals surface area contributed by atoms with Crippen molar-refractivity contribution in [3.8, 4) is 10.6 Å². The lowest BCUT2D eigenvalue weighted by Gasteiger charge is -2.16. The van der Waals surface area contributed by atoms with Gasteiger partial charge in [0.15, 0.2) is 0 Å². The molecule has 28 heavy (non-hydrogen) atoms. The van der Waals surface area contributed by atoms with Crippen molar-refractivity contribution in [2.75, 3.05) is 18.9 Å². The molecule has 0 atom stereocenters. The second-order valence-corrected chi connectivity index (χ2v) is 7.36. The minimum absolute atomic E-state index is 0.0481. The number of aromatic nitrogens is 2. The van der Waals surface area contributed by atoms with Gasteiger partial charge in [0, 0.05) is 49.5 Å². The summed E-state index contributed by atoms with van der Waals surface area (Å²) in [6, 6.07) is 11.4. The van der Waals surface area contributed by atoms with Crippen molar-refractivity contribution in [1.82, 2.24) is 14.9 Å². The van der Waals surface area contributed by atoms with Crippen molar-refractivity contribution < 1.29 is 9.59 Å². The minimum atomic E-state index is -0.101. The normalized spacial score (nSPS) is 10.5. The number of hydrogen-bond donors (Lipinski definition) is 1. The Morgan fingerprint density at radius 2 is 1.82 bits per heavy atom. The molecule has 144 valence electrons. The Kier molecular flexibility index (Phi) is 6.49. The third-order valence-electron chi connectivity index (χ3n) is 4.25. The quantitative estimate of drug-likeness (QED) is 0.666. The average Bonchev–Trinajstić information content (AvgIpc) is 3.15. The number of nitrogens with zero attached hydrogens (tertiary/aromatic N) is 3. The van der Waals surface area contributed by atoms with Crippen LogP contribution in [-0.2, 0) is 22.4 Å². The number of nitrogens with one attached hydrogen (secondary N) is 1. The minimum Gasteiger partial charge on any atom is -0.345 e. The highest BCUT2D eigenvalue weighted by Crippen LogP contribution is 2.25. The molecule has 6 nitrogen and oxygen atoms in total. The molecule has 0 aliphatic heterocycles. The van der Waals surface area contributed by atoms with Crippen LogP contribution in [0.5, 0.6) is 0 Å². The maximum Gasteiger partial charge on any atom is 0.228 e. The van der Waals surface area contributed by atoms with E-state index in [1.54, 1.807) is 17.3 Å². The molecule has 0 bridgehead atoms. The number of carbonyl (C=O) groups is 2. The lowest BCUT2D eigenvalue weighted by molar-refractivity contribution is -0.129. The Bertz CT molecular complexity index is 939. The lowest BCUT2D eigenvalue weighted by Crippen LogP contribution is -2.30. The van der Waals surface area contributed by atoms with Crippen LogP contribution in [0.3, 0.4) is 0 Å². The van der Waals surface area contributed by atoms with Gasteiger partial charge in [0.1, 0.15) is 5.01 Å². The van der Waals surface area contributed by atoms with Gasteiger partial charge >= 0.3 is 0 Å². The first kappa shape index (κ1) is 19.7. The van der Waals surface area contributed by atoms with E-state index in [4.69, 9.17) is 0 Å². The van der Waals surface area contributed by atoms with Crippen molar-refractivity contribution >= 4 is 28.8 Å². The first-order valence-corrected chi connectivity index (χ1v) is 9.84. The number of rotatable bonds is 7. The van der Waals surface area contributed by atoms with Gasteiger partial charge in [0.2, 0.25) is 11.8 Å². The average molecular weight is 394 g/mol. The van der Waals surface area contributed by atoms with Gasteiger partial charge in [0.05, 0.1) is 12.1 Å². The van der Waals surface area contributed by atoms with Crippen molar-refractivity contribution in [3.05, 3.63) is 65.4 Å². The molecule has 1 N–H and O–H groups in total. The Morgan fingerprint density at radius 1 is 1.11 bits per heavy atom. The van der Waals surface area contributed by atoms with E-state index in [1.165, 1.54) is 18.3 Å². The number of benzene rings is 1. The van der Waals surface area contributed by atoms with Crippen LogP contribution < -0.4 is 5.32 Å². The number of thiazole rings is 1. The van der Waals surface area contributed by atoms with E-state index >= 15 is 0 Å². The van der Waals surface area contributed by atoms with E-state index < -0.39 is 0 Å². The molecule has 2 heterocycles. The van der Waals surface area contributed by atoms with Crippen molar-refractivity contribution in [2.45, 2.75) is 19.8 Å². The second kappa shape index (κ2) is 9.23. The summed E-state index contributed by atoms with van der Waals surface area (Å²) in [5, 5.41) is 5.52. The fourth-order valence-corrected chi connectivity index (χ4v) is 3.51. The molecule has 3 aromatic rings. The van der Waals surface area contributed by atoms with Crippen LogP contribution in [0.4, 0.5) is 5.69 Å². The van der Waals surface area contributed by atoms with Gasteiger partial charge in [-0.15, -0.1) is 11.3 Å². The van der Waals surface area contributed by atoms with Gasteiger partial charge < -0.3 is 10.2 Å². The van der Waals surface area contributed by atoms with Gasteiger partial charge in [-0.25, -0.2) is 4.98 Å². The zero-order valence-electron chi connectivity index (χ0n) is 15.9. The van der Waals surface area contributed by atoms with Gasteiger partial charge in [-0.1, -0.05) is 0 Å². The largest absolute Gasteiger partial charge is 0.345 e. The van der Waals surface area contributed by atoms with Crippen molar-refractivity contribution in [3.63, 3.8) is 0 Å². The predicted molar refractivity (Wildman–Crippen MR) is 111 cm³/mol. The van der Waals surface area contributed by atoms with Crippen LogP contribution in [0, 0.1) is 0 Å². The first-order valence-electron chi connectivity index (χ1n) is 8.96. The van der Waals surface area contributed by atoms with E-state index in [1.807, 2.05) is 48.8 Å². The Morgan fingerprint density at radius 3 is 2.50 bits per heavy atom. The lowest BCUT2D eigenvalue weighted by atomic mass is 10.2. The molecular weight excluding hydrogens is 372 g/mol. The first-order chi connectivity index (χ1) is 13.5. The van der Waals surface area contributed by atoms with E-state index in [0.29, 0.717) is 6.54 Å². The van der Waals surface area contributed by atoms with Crippen LogP contribution >= 0.6 is 11.3 Å². The number of hydrogen-bond acceptors (Lipinski definition) is 5. The zero-order chi connectivity index (χ0) is 19.9. The highest BCUT2D eigenvalue weighted by molar-refractivity contribution is 7.13. The predicted octanol–water partition coefficient (Wildman–Crippen LogP) is 3.41. The molecule has 0 radical (unpaired) electrons. The van der Waals surface area contributed by atoms with Gasteiger partial charge in [-0.3, -0.25) is 14.6 Å². The molecule has 0 spiro atoms. The van der Waals surface area contributed by atoms with Crippen LogP contribution in [0.1, 0.15) is 18.2 Å². The molecule has 3 rings (SSSR count). The maximum absolute atomic E-state index is 12.5. The van der Waals surface area contributed by atoms with E-state index in [2.05, 4.69) is 15.3 Å². The van der Waals surface area contributed by atoms with Gasteiger partial charge in [-0.2, -0.15) is 0 Å². The smallest absolute Gasteiger partial charge is 0.228 e. The second-order valence-electron chi connectivity index (χ2n) is 6.50. The third kappa shape index (κ3) is 5.47. The summed E-state index contributed by atoms with van der Waals surface area (Å²) in [6.07, 6.45) is 4.61. The zero-order valence-corrected chi connectivity index (χ0v) is 16.7. The fraction of sp³-hybridized carbons (Fsp3) is 0.238. The van der Waals surface area contributed by atoms with E-state index in [-0.39, 0.29) is 18.2 Å². The molecule has 2 aromatic heterocycles. The molecule has 0 fully saturated rings. The molecule has 2 amide bonds. The standard InChI is InChI=1S/C21H22N4O2S/c1-15(26)23-18-5-3-17(4-6-18)21-24-19(14-28-21)13-20(27)25(2)12-9-16-7-10-22-11-8-16/h3-8,10-11,14H,9,12-13H2,1-2H3,(H,23,26). The monoisotopic (exact) mass is 394 g/mol. The Labute approximate surface area is 168 Å². The van der Waals surface area contributed by atoms with Crippen LogP contribution in [0.15, 0.2) is 54.2 Å². The van der Waals surface area contributed by atoms with Gasteiger partial charge in [0.25, 0.3) is 0 Å².